The number of aromatic nitrogens is 1. The molecule has 1 N–H and O–H groups in total. The molecule has 0 unspecified atom stereocenters. The molecule has 1 heterocycles. The van der Waals surface area contributed by atoms with Crippen LogP contribution in [0.15, 0.2) is 16.9 Å². The zero-order valence-electron chi connectivity index (χ0n) is 6.26. The highest BCUT2D eigenvalue weighted by molar-refractivity contribution is 5.86. The molecule has 0 aliphatic carbocycles. The van der Waals surface area contributed by atoms with Gasteiger partial charge in [-0.05, 0) is 0 Å². The third kappa shape index (κ3) is 1.69. The summed E-state index contributed by atoms with van der Waals surface area (Å²) in [5.74, 6) is -1.63. The average molecular weight is 171 g/mol. The molecule has 12 heavy (non-hydrogen) atoms. The summed E-state index contributed by atoms with van der Waals surface area (Å²) in [5.41, 5.74) is -0.769. The number of nitrogens with one attached hydrogen (secondary N) is 1. The Morgan fingerprint density at radius 1 is 1.58 bits per heavy atom. The number of aromatic amines is 1. The van der Waals surface area contributed by atoms with Crippen LogP contribution in [0, 0.1) is 5.95 Å². The minimum Gasteiger partial charge on any atom is -0.464 e. The number of pyridine rings is 1. The van der Waals surface area contributed by atoms with E-state index in [1.807, 2.05) is 0 Å². The van der Waals surface area contributed by atoms with Crippen molar-refractivity contribution in [3.8, 4) is 0 Å². The van der Waals surface area contributed by atoms with Gasteiger partial charge in [-0.1, -0.05) is 0 Å². The maximum absolute atomic E-state index is 12.5. The molecule has 0 aromatic carbocycles. The first-order valence-corrected chi connectivity index (χ1v) is 3.11. The van der Waals surface area contributed by atoms with Gasteiger partial charge < -0.3 is 9.72 Å². The molecule has 1 rings (SSSR count). The Balaban J connectivity index is 3.17. The number of carbonyl (C=O) groups excluding carboxylic acids is 1. The van der Waals surface area contributed by atoms with Crippen LogP contribution in [-0.4, -0.2) is 18.1 Å². The Bertz CT molecular complexity index is 358. The zero-order chi connectivity index (χ0) is 9.14. The first-order chi connectivity index (χ1) is 5.63. The smallest absolute Gasteiger partial charge is 0.354 e. The van der Waals surface area contributed by atoms with Gasteiger partial charge in [0.1, 0.15) is 5.69 Å². The van der Waals surface area contributed by atoms with Crippen molar-refractivity contribution in [3.63, 3.8) is 0 Å². The molecule has 1 aromatic heterocycles. The van der Waals surface area contributed by atoms with E-state index in [9.17, 15) is 14.0 Å². The molecule has 0 spiro atoms. The van der Waals surface area contributed by atoms with Gasteiger partial charge in [0, 0.05) is 12.1 Å². The summed E-state index contributed by atoms with van der Waals surface area (Å²) in [5, 5.41) is 0. The lowest BCUT2D eigenvalue weighted by molar-refractivity contribution is 0.0592. The summed E-state index contributed by atoms with van der Waals surface area (Å²) in [6, 6.07) is 1.71. The fourth-order valence-corrected chi connectivity index (χ4v) is 0.730. The van der Waals surface area contributed by atoms with Gasteiger partial charge in [-0.15, -0.1) is 0 Å². The Morgan fingerprint density at radius 3 is 2.75 bits per heavy atom. The number of rotatable bonds is 1. The van der Waals surface area contributed by atoms with Crippen LogP contribution in [0.5, 0.6) is 0 Å². The largest absolute Gasteiger partial charge is 0.464 e. The average Bonchev–Trinajstić information content (AvgIpc) is 2.01. The van der Waals surface area contributed by atoms with E-state index < -0.39 is 17.3 Å². The Morgan fingerprint density at radius 2 is 2.25 bits per heavy atom. The standard InChI is InChI=1S/C7H6FNO3/c1-12-7(11)5-2-4(10)3-6(8)9-5/h2-3H,1H3,(H,9,10). The second-order valence-corrected chi connectivity index (χ2v) is 2.07. The highest BCUT2D eigenvalue weighted by Gasteiger charge is 2.07. The van der Waals surface area contributed by atoms with Gasteiger partial charge in [-0.2, -0.15) is 4.39 Å². The summed E-state index contributed by atoms with van der Waals surface area (Å²) in [6.45, 7) is 0. The van der Waals surface area contributed by atoms with Crippen molar-refractivity contribution in [2.45, 2.75) is 0 Å². The van der Waals surface area contributed by atoms with Crippen LogP contribution in [-0.2, 0) is 4.74 Å². The van der Waals surface area contributed by atoms with Crippen LogP contribution in [0.1, 0.15) is 10.5 Å². The summed E-state index contributed by atoms with van der Waals surface area (Å²) in [4.78, 5) is 23.5. The van der Waals surface area contributed by atoms with Crippen LogP contribution >= 0.6 is 0 Å². The molecule has 0 fully saturated rings. The molecule has 0 radical (unpaired) electrons. The number of methoxy groups -OCH3 is 1. The minimum atomic E-state index is -0.858. The fraction of sp³-hybridized carbons (Fsp3) is 0.143. The van der Waals surface area contributed by atoms with Gasteiger partial charge in [0.25, 0.3) is 0 Å². The molecular weight excluding hydrogens is 165 g/mol. The first-order valence-electron chi connectivity index (χ1n) is 3.11. The van der Waals surface area contributed by atoms with Gasteiger partial charge in [-0.3, -0.25) is 4.79 Å². The van der Waals surface area contributed by atoms with Crippen molar-refractivity contribution in [2.75, 3.05) is 7.11 Å². The molecule has 1 aromatic rings. The number of hydrogen-bond donors (Lipinski definition) is 1. The van der Waals surface area contributed by atoms with Crippen molar-refractivity contribution in [2.24, 2.45) is 0 Å². The van der Waals surface area contributed by atoms with E-state index in [0.717, 1.165) is 19.2 Å². The molecule has 0 bridgehead atoms. The third-order valence-corrected chi connectivity index (χ3v) is 1.21. The van der Waals surface area contributed by atoms with E-state index in [2.05, 4.69) is 9.72 Å². The van der Waals surface area contributed by atoms with Crippen molar-refractivity contribution in [1.29, 1.82) is 0 Å². The fourth-order valence-electron chi connectivity index (χ4n) is 0.730. The highest BCUT2D eigenvalue weighted by atomic mass is 19.1. The zero-order valence-corrected chi connectivity index (χ0v) is 6.26. The SMILES string of the molecule is COC(=O)c1cc(=O)cc(F)[nH]1. The van der Waals surface area contributed by atoms with Gasteiger partial charge >= 0.3 is 5.97 Å². The van der Waals surface area contributed by atoms with Crippen molar-refractivity contribution >= 4 is 5.97 Å². The number of carbonyl (C=O) groups is 1. The molecule has 0 saturated heterocycles. The van der Waals surface area contributed by atoms with Crippen molar-refractivity contribution in [3.05, 3.63) is 34.0 Å². The molecule has 0 aliphatic rings. The normalized spacial score (nSPS) is 9.50. The molecule has 0 atom stereocenters. The molecule has 64 valence electrons. The van der Waals surface area contributed by atoms with Gasteiger partial charge in [0.05, 0.1) is 7.11 Å². The minimum absolute atomic E-state index is 0.192. The quantitative estimate of drug-likeness (QED) is 0.488. The Kier molecular flexibility index (Phi) is 2.23. The number of hydrogen-bond acceptors (Lipinski definition) is 3. The van der Waals surface area contributed by atoms with E-state index in [-0.39, 0.29) is 5.69 Å². The van der Waals surface area contributed by atoms with E-state index >= 15 is 0 Å². The maximum atomic E-state index is 12.5. The van der Waals surface area contributed by atoms with Crippen LogP contribution in [0.4, 0.5) is 4.39 Å². The molecule has 0 amide bonds. The van der Waals surface area contributed by atoms with Gasteiger partial charge in [-0.25, -0.2) is 4.79 Å². The summed E-state index contributed by atoms with van der Waals surface area (Å²) in [7, 11) is 1.14. The predicted octanol–water partition coefficient (Wildman–Crippen LogP) is 0.301. The lowest BCUT2D eigenvalue weighted by Gasteiger charge is -1.97. The van der Waals surface area contributed by atoms with Crippen molar-refractivity contribution < 1.29 is 13.9 Å². The summed E-state index contributed by atoms with van der Waals surface area (Å²) in [6.07, 6.45) is 0. The van der Waals surface area contributed by atoms with E-state index in [4.69, 9.17) is 0 Å². The van der Waals surface area contributed by atoms with E-state index in [1.165, 1.54) is 0 Å². The summed E-state index contributed by atoms with van der Waals surface area (Å²) >= 11 is 0. The number of ether oxygens (including phenoxy) is 1. The van der Waals surface area contributed by atoms with Crippen LogP contribution < -0.4 is 5.43 Å². The maximum Gasteiger partial charge on any atom is 0.354 e. The van der Waals surface area contributed by atoms with Crippen molar-refractivity contribution in [1.82, 2.24) is 4.98 Å². The highest BCUT2D eigenvalue weighted by Crippen LogP contribution is 1.94. The predicted molar refractivity (Wildman–Crippen MR) is 38.4 cm³/mol. The topological polar surface area (TPSA) is 59.2 Å². The van der Waals surface area contributed by atoms with Gasteiger partial charge in [0.2, 0.25) is 0 Å². The van der Waals surface area contributed by atoms with Crippen LogP contribution in [0.25, 0.3) is 0 Å². The van der Waals surface area contributed by atoms with Crippen LogP contribution in [0.3, 0.4) is 0 Å². The summed E-state index contributed by atoms with van der Waals surface area (Å²) < 4.78 is 16.7. The molecule has 4 nitrogen and oxygen atoms in total. The third-order valence-electron chi connectivity index (χ3n) is 1.21. The number of H-pyrrole nitrogens is 1. The lowest BCUT2D eigenvalue weighted by Crippen LogP contribution is -2.11. The first kappa shape index (κ1) is 8.45. The number of halogens is 1. The van der Waals surface area contributed by atoms with E-state index in [0.29, 0.717) is 0 Å². The van der Waals surface area contributed by atoms with Gasteiger partial charge in [0.15, 0.2) is 11.4 Å². The molecule has 0 aliphatic heterocycles. The Hall–Kier alpha value is -1.65. The monoisotopic (exact) mass is 171 g/mol. The molecule has 0 saturated carbocycles. The van der Waals surface area contributed by atoms with Crippen LogP contribution in [0.2, 0.25) is 0 Å². The molecular formula is C7H6FNO3. The van der Waals surface area contributed by atoms with E-state index in [1.54, 1.807) is 0 Å². The second kappa shape index (κ2) is 3.17. The lowest BCUT2D eigenvalue weighted by atomic mass is 10.3. The second-order valence-electron chi connectivity index (χ2n) is 2.07. The number of esters is 1. The Labute approximate surface area is 67.0 Å². The molecule has 5 heteroatoms.